The second kappa shape index (κ2) is 2.59. The number of hydrogen-bond donors (Lipinski definition) is 0. The Morgan fingerprint density at radius 3 is 2.00 bits per heavy atom. The molecular formula is C7H9Bi. The van der Waals surface area contributed by atoms with E-state index in [0.717, 1.165) is 24.7 Å². The second-order valence-corrected chi connectivity index (χ2v) is 4.50. The maximum absolute atomic E-state index is 2.19. The number of benzene rings is 1. The molecule has 42 valence electrons. The van der Waals surface area contributed by atoms with Gasteiger partial charge < -0.3 is 0 Å². The first-order valence-corrected chi connectivity index (χ1v) is 4.85. The molecule has 0 aromatic heterocycles. The summed E-state index contributed by atoms with van der Waals surface area (Å²) in [7, 11) is 0. The average Bonchev–Trinajstić information content (AvgIpc) is 1.77. The van der Waals surface area contributed by atoms with E-state index in [2.05, 4.69) is 31.2 Å². The molecule has 0 nitrogen and oxygen atoms in total. The molecule has 0 saturated heterocycles. The van der Waals surface area contributed by atoms with Crippen LogP contribution in [0, 0.1) is 6.92 Å². The molecule has 0 N–H and O–H groups in total. The summed E-state index contributed by atoms with van der Waals surface area (Å²) in [4.78, 5) is 0. The van der Waals surface area contributed by atoms with E-state index in [1.807, 2.05) is 0 Å². The fourth-order valence-corrected chi connectivity index (χ4v) is 1.31. The molecule has 1 heteroatoms. The van der Waals surface area contributed by atoms with Crippen LogP contribution in [0.25, 0.3) is 0 Å². The number of rotatable bonds is 0. The molecule has 1 aromatic rings. The van der Waals surface area contributed by atoms with Gasteiger partial charge in [0, 0.05) is 0 Å². The summed E-state index contributed by atoms with van der Waals surface area (Å²) in [5, 5.41) is 0. The first-order valence-electron chi connectivity index (χ1n) is 2.61. The van der Waals surface area contributed by atoms with Crippen molar-refractivity contribution in [1.82, 2.24) is 0 Å². The maximum atomic E-state index is 2.19. The Morgan fingerprint density at radius 2 is 1.62 bits per heavy atom. The summed E-state index contributed by atoms with van der Waals surface area (Å²) in [6.07, 6.45) is 0. The van der Waals surface area contributed by atoms with Crippen molar-refractivity contribution in [3.63, 3.8) is 0 Å². The van der Waals surface area contributed by atoms with Gasteiger partial charge in [-0.15, -0.1) is 0 Å². The molecule has 0 radical (unpaired) electrons. The second-order valence-electron chi connectivity index (χ2n) is 1.91. The van der Waals surface area contributed by atoms with E-state index in [1.54, 1.807) is 0 Å². The summed E-state index contributed by atoms with van der Waals surface area (Å²) < 4.78 is 1.50. The van der Waals surface area contributed by atoms with Crippen LogP contribution in [0.5, 0.6) is 0 Å². The molecule has 0 saturated carbocycles. The molecule has 0 fully saturated rings. The van der Waals surface area contributed by atoms with Crippen LogP contribution in [0.15, 0.2) is 24.3 Å². The van der Waals surface area contributed by atoms with Gasteiger partial charge in [-0.3, -0.25) is 0 Å². The van der Waals surface area contributed by atoms with Crippen molar-refractivity contribution in [2.24, 2.45) is 0 Å². The van der Waals surface area contributed by atoms with Gasteiger partial charge >= 0.3 is 64.7 Å². The SMILES string of the molecule is Cc1cc[c]([BiH2])cc1. The fraction of sp³-hybridized carbons (Fsp3) is 0.143. The molecule has 8 heavy (non-hydrogen) atoms. The van der Waals surface area contributed by atoms with Crippen molar-refractivity contribution >= 4 is 28.0 Å². The van der Waals surface area contributed by atoms with Crippen LogP contribution in [0.3, 0.4) is 0 Å². The van der Waals surface area contributed by atoms with Gasteiger partial charge in [0.1, 0.15) is 0 Å². The first kappa shape index (κ1) is 6.23. The number of aryl methyl sites for hydroxylation is 1. The van der Waals surface area contributed by atoms with E-state index in [1.165, 1.54) is 8.83 Å². The zero-order valence-corrected chi connectivity index (χ0v) is 9.38. The molecule has 1 rings (SSSR count). The standard InChI is InChI=1S/C7H7.Bi.2H/c1-7-5-3-2-4-6-7;;;/h3-6H,1H3;;;. The molecule has 0 bridgehead atoms. The monoisotopic (exact) mass is 302 g/mol. The molecule has 0 unspecified atom stereocenters. The third-order valence-electron chi connectivity index (χ3n) is 1.08. The summed E-state index contributed by atoms with van der Waals surface area (Å²) >= 11 is 0.987. The van der Waals surface area contributed by atoms with Gasteiger partial charge in [-0.1, -0.05) is 0 Å². The topological polar surface area (TPSA) is 0 Å². The van der Waals surface area contributed by atoms with Crippen LogP contribution in [0.2, 0.25) is 0 Å². The van der Waals surface area contributed by atoms with Crippen molar-refractivity contribution in [3.8, 4) is 0 Å². The molecule has 0 heterocycles. The van der Waals surface area contributed by atoms with E-state index >= 15 is 0 Å². The normalized spacial score (nSPS) is 9.25. The van der Waals surface area contributed by atoms with Crippen molar-refractivity contribution in [2.45, 2.75) is 6.92 Å². The van der Waals surface area contributed by atoms with Crippen LogP contribution >= 0.6 is 0 Å². The van der Waals surface area contributed by atoms with Crippen LogP contribution in [0.1, 0.15) is 5.56 Å². The molecule has 0 amide bonds. The third-order valence-corrected chi connectivity index (χ3v) is 2.57. The fourth-order valence-electron chi connectivity index (χ4n) is 0.566. The predicted octanol–water partition coefficient (Wildman–Crippen LogP) is 0.253. The van der Waals surface area contributed by atoms with Gasteiger partial charge in [0.15, 0.2) is 0 Å². The zero-order chi connectivity index (χ0) is 5.98. The molecule has 0 spiro atoms. The molecule has 0 aliphatic carbocycles. The summed E-state index contributed by atoms with van der Waals surface area (Å²) in [6.45, 7) is 2.12. The first-order chi connectivity index (χ1) is 3.79. The molecular weight excluding hydrogens is 293 g/mol. The van der Waals surface area contributed by atoms with Gasteiger partial charge in [0.2, 0.25) is 0 Å². The Bertz CT molecular complexity index is 143. The quantitative estimate of drug-likeness (QED) is 0.603. The summed E-state index contributed by atoms with van der Waals surface area (Å²) in [5.74, 6) is 0. The summed E-state index contributed by atoms with van der Waals surface area (Å²) in [6, 6.07) is 8.71. The molecule has 1 aromatic carbocycles. The Labute approximate surface area is 64.8 Å². The van der Waals surface area contributed by atoms with Gasteiger partial charge in [-0.25, -0.2) is 0 Å². The molecule has 0 atom stereocenters. The summed E-state index contributed by atoms with van der Waals surface area (Å²) in [5.41, 5.74) is 1.36. The van der Waals surface area contributed by atoms with Crippen LogP contribution in [-0.4, -0.2) is 24.7 Å². The van der Waals surface area contributed by atoms with Gasteiger partial charge in [-0.2, -0.15) is 0 Å². The predicted molar refractivity (Wildman–Crippen MR) is 39.4 cm³/mol. The minimum atomic E-state index is 0.987. The Hall–Kier alpha value is 0.103. The van der Waals surface area contributed by atoms with E-state index < -0.39 is 0 Å². The zero-order valence-electron chi connectivity index (χ0n) is 4.89. The van der Waals surface area contributed by atoms with E-state index in [9.17, 15) is 0 Å². The van der Waals surface area contributed by atoms with Crippen LogP contribution in [-0.2, 0) is 0 Å². The van der Waals surface area contributed by atoms with Crippen molar-refractivity contribution in [1.29, 1.82) is 0 Å². The Kier molecular flexibility index (Phi) is 2.02. The Morgan fingerprint density at radius 1 is 1.12 bits per heavy atom. The number of hydrogen-bond acceptors (Lipinski definition) is 0. The van der Waals surface area contributed by atoms with Crippen molar-refractivity contribution in [2.75, 3.05) is 0 Å². The molecule has 0 aliphatic heterocycles. The van der Waals surface area contributed by atoms with Crippen molar-refractivity contribution in [3.05, 3.63) is 29.8 Å². The van der Waals surface area contributed by atoms with Crippen molar-refractivity contribution < 1.29 is 0 Å². The van der Waals surface area contributed by atoms with Crippen LogP contribution < -0.4 is 3.27 Å². The molecule has 0 aliphatic rings. The van der Waals surface area contributed by atoms with Gasteiger partial charge in [0.25, 0.3) is 0 Å². The third kappa shape index (κ3) is 1.56. The van der Waals surface area contributed by atoms with E-state index in [0.29, 0.717) is 0 Å². The minimum absolute atomic E-state index is 0.987. The Balaban J connectivity index is 3.03. The van der Waals surface area contributed by atoms with Crippen LogP contribution in [0.4, 0.5) is 0 Å². The van der Waals surface area contributed by atoms with Gasteiger partial charge in [0.05, 0.1) is 0 Å². The van der Waals surface area contributed by atoms with E-state index in [-0.39, 0.29) is 0 Å². The average molecular weight is 302 g/mol. The van der Waals surface area contributed by atoms with E-state index in [4.69, 9.17) is 0 Å². The van der Waals surface area contributed by atoms with Gasteiger partial charge in [-0.05, 0) is 0 Å².